The van der Waals surface area contributed by atoms with Crippen LogP contribution in [0.15, 0.2) is 36.4 Å². The molecule has 5 atom stereocenters. The fourth-order valence-corrected chi connectivity index (χ4v) is 7.99. The number of alkyl halides is 1. The maximum Gasteiger partial charge on any atom is 0.275 e. The number of rotatable bonds is 7. The molecular weight excluding hydrogens is 596 g/mol. The quantitative estimate of drug-likeness (QED) is 0.363. The Bertz CT molecular complexity index is 1580. The van der Waals surface area contributed by atoms with E-state index >= 15 is 0 Å². The number of fused-ring (bicyclic) bond motifs is 6. The molecular formula is C31H31BrO9. The molecule has 2 fully saturated rings. The summed E-state index contributed by atoms with van der Waals surface area (Å²) in [4.78, 5) is 13.0. The average molecular weight is 627 g/mol. The lowest BCUT2D eigenvalue weighted by molar-refractivity contribution is -0.352. The molecule has 9 nitrogen and oxygen atoms in total. The largest absolute Gasteiger partial charge is 0.506 e. The third-order valence-electron chi connectivity index (χ3n) is 9.06. The molecule has 2 N–H and O–H groups in total. The van der Waals surface area contributed by atoms with E-state index in [1.807, 2.05) is 43.3 Å². The number of benzene rings is 3. The Balaban J connectivity index is 1.40. The van der Waals surface area contributed by atoms with Gasteiger partial charge in [-0.3, -0.25) is 4.79 Å². The molecule has 0 spiro atoms. The molecule has 3 aromatic carbocycles. The number of aliphatic hydroxyl groups is 1. The summed E-state index contributed by atoms with van der Waals surface area (Å²) in [5.41, 5.74) is 1.52. The molecule has 4 aliphatic rings. The van der Waals surface area contributed by atoms with Gasteiger partial charge in [0.2, 0.25) is 5.79 Å². The molecule has 1 aliphatic carbocycles. The number of carbonyl (C=O) groups is 1. The highest BCUT2D eigenvalue weighted by molar-refractivity contribution is 9.09. The first kappa shape index (κ1) is 27.1. The van der Waals surface area contributed by atoms with Crippen molar-refractivity contribution in [3.63, 3.8) is 0 Å². The fourth-order valence-electron chi connectivity index (χ4n) is 7.17. The number of hydrogen-bond donors (Lipinski definition) is 2. The number of halogens is 1. The smallest absolute Gasteiger partial charge is 0.275 e. The number of hydrogen-bond acceptors (Lipinski definition) is 9. The summed E-state index contributed by atoms with van der Waals surface area (Å²) in [5.74, 6) is -2.85. The Morgan fingerprint density at radius 3 is 2.63 bits per heavy atom. The van der Waals surface area contributed by atoms with Crippen LogP contribution in [0.5, 0.6) is 17.2 Å². The Morgan fingerprint density at radius 1 is 1.15 bits per heavy atom. The third kappa shape index (κ3) is 3.37. The predicted octanol–water partition coefficient (Wildman–Crippen LogP) is 4.63. The van der Waals surface area contributed by atoms with Gasteiger partial charge >= 0.3 is 0 Å². The van der Waals surface area contributed by atoms with Crippen molar-refractivity contribution in [2.24, 2.45) is 0 Å². The molecule has 0 radical (unpaired) electrons. The van der Waals surface area contributed by atoms with E-state index in [1.165, 1.54) is 7.11 Å². The lowest BCUT2D eigenvalue weighted by Crippen LogP contribution is -2.74. The van der Waals surface area contributed by atoms with Crippen LogP contribution in [0, 0.1) is 6.92 Å². The van der Waals surface area contributed by atoms with Crippen LogP contribution >= 0.6 is 15.9 Å². The van der Waals surface area contributed by atoms with Gasteiger partial charge in [-0.25, -0.2) is 0 Å². The number of aryl methyl sites for hydroxylation is 1. The molecule has 0 saturated carbocycles. The van der Waals surface area contributed by atoms with Crippen LogP contribution in [-0.2, 0) is 32.0 Å². The molecule has 3 heterocycles. The van der Waals surface area contributed by atoms with Crippen molar-refractivity contribution in [2.45, 2.75) is 62.2 Å². The first-order valence-corrected chi connectivity index (χ1v) is 14.8. The minimum absolute atomic E-state index is 0.0198. The lowest BCUT2D eigenvalue weighted by Gasteiger charge is -2.53. The van der Waals surface area contributed by atoms with E-state index in [0.717, 1.165) is 11.1 Å². The number of phenols is 1. The molecule has 2 saturated heterocycles. The second-order valence-corrected chi connectivity index (χ2v) is 11.7. The van der Waals surface area contributed by atoms with Gasteiger partial charge in [0.15, 0.2) is 17.5 Å². The van der Waals surface area contributed by atoms with Crippen LogP contribution in [0.1, 0.15) is 51.6 Å². The SMILES string of the molecule is COc1c2c(c(O)c3c4c(c(C)cc13)C1OC3(COCc5ccccc5)OC1[C@@](OC)(O4)[C@@]3(O)CBr)C(=O)CCC2. The summed E-state index contributed by atoms with van der Waals surface area (Å²) in [5, 5.41) is 24.8. The topological polar surface area (TPSA) is 113 Å². The van der Waals surface area contributed by atoms with Gasteiger partial charge in [0.05, 0.1) is 24.7 Å². The molecule has 3 unspecified atom stereocenters. The summed E-state index contributed by atoms with van der Waals surface area (Å²) in [6.07, 6.45) is 0.0793. The number of aromatic hydroxyl groups is 1. The van der Waals surface area contributed by atoms with Crippen LogP contribution in [0.2, 0.25) is 0 Å². The monoisotopic (exact) mass is 626 g/mol. The van der Waals surface area contributed by atoms with E-state index in [1.54, 1.807) is 7.11 Å². The minimum atomic E-state index is -1.86. The van der Waals surface area contributed by atoms with Gasteiger partial charge in [-0.05, 0) is 37.0 Å². The molecule has 2 bridgehead atoms. The molecule has 3 aliphatic heterocycles. The fraction of sp³-hybridized carbons (Fsp3) is 0.452. The molecule has 41 heavy (non-hydrogen) atoms. The number of Topliss-reactive ketones (excluding diaryl/α,β-unsaturated/α-hetero) is 1. The lowest BCUT2D eigenvalue weighted by atomic mass is 9.76. The minimum Gasteiger partial charge on any atom is -0.506 e. The van der Waals surface area contributed by atoms with Gasteiger partial charge < -0.3 is 38.6 Å². The van der Waals surface area contributed by atoms with Crippen molar-refractivity contribution in [1.82, 2.24) is 0 Å². The van der Waals surface area contributed by atoms with Crippen LogP contribution in [0.3, 0.4) is 0 Å². The first-order chi connectivity index (χ1) is 19.8. The summed E-state index contributed by atoms with van der Waals surface area (Å²) in [6, 6.07) is 11.6. The summed E-state index contributed by atoms with van der Waals surface area (Å²) in [7, 11) is 3.00. The van der Waals surface area contributed by atoms with Crippen molar-refractivity contribution in [3.05, 3.63) is 64.2 Å². The zero-order valence-electron chi connectivity index (χ0n) is 23.0. The zero-order chi connectivity index (χ0) is 28.7. The van der Waals surface area contributed by atoms with Crippen LogP contribution in [-0.4, -0.2) is 65.4 Å². The predicted molar refractivity (Wildman–Crippen MR) is 151 cm³/mol. The number of methoxy groups -OCH3 is 2. The summed E-state index contributed by atoms with van der Waals surface area (Å²) in [6.45, 7) is 2.12. The standard InChI is InChI=1S/C31H31BrO9/c1-16-12-19-23(24(34)22-18(25(19)36-2)10-7-11-20(22)33)26-21(16)27-28-31(37-3,40-26)29(35,14-32)30(39-27,41-28)15-38-13-17-8-5-4-6-9-17/h4-6,8-9,12,27-28,34-35H,7,10-11,13-15H2,1-3H3/t27?,28?,29-,30?,31-/m1/s1. The van der Waals surface area contributed by atoms with E-state index in [0.29, 0.717) is 46.9 Å². The van der Waals surface area contributed by atoms with Crippen LogP contribution in [0.4, 0.5) is 0 Å². The van der Waals surface area contributed by atoms with Gasteiger partial charge in [-0.2, -0.15) is 0 Å². The van der Waals surface area contributed by atoms with Crippen molar-refractivity contribution in [2.75, 3.05) is 26.2 Å². The third-order valence-corrected chi connectivity index (χ3v) is 9.88. The normalized spacial score (nSPS) is 31.2. The molecule has 216 valence electrons. The van der Waals surface area contributed by atoms with E-state index in [2.05, 4.69) is 15.9 Å². The van der Waals surface area contributed by atoms with Gasteiger partial charge in [-0.1, -0.05) is 46.3 Å². The first-order valence-electron chi connectivity index (χ1n) is 13.7. The second-order valence-electron chi connectivity index (χ2n) is 11.1. The molecule has 0 amide bonds. The summed E-state index contributed by atoms with van der Waals surface area (Å²) < 4.78 is 37.7. The number of carbonyl (C=O) groups excluding carboxylic acids is 1. The highest BCUT2D eigenvalue weighted by atomic mass is 79.9. The van der Waals surface area contributed by atoms with Crippen molar-refractivity contribution in [3.8, 4) is 17.2 Å². The van der Waals surface area contributed by atoms with Crippen molar-refractivity contribution in [1.29, 1.82) is 0 Å². The van der Waals surface area contributed by atoms with E-state index in [9.17, 15) is 15.0 Å². The van der Waals surface area contributed by atoms with Gasteiger partial charge in [0, 0.05) is 35.4 Å². The van der Waals surface area contributed by atoms with E-state index < -0.39 is 29.4 Å². The number of phenolic OH excluding ortho intramolecular Hbond substituents is 1. The average Bonchev–Trinajstić information content (AvgIpc) is 3.46. The zero-order valence-corrected chi connectivity index (χ0v) is 24.6. The van der Waals surface area contributed by atoms with E-state index in [4.69, 9.17) is 28.4 Å². The number of ketones is 1. The molecule has 0 aromatic heterocycles. The Hall–Kier alpha value is -2.73. The maximum absolute atomic E-state index is 13.0. The van der Waals surface area contributed by atoms with E-state index in [-0.39, 0.29) is 41.4 Å². The Kier molecular flexibility index (Phi) is 6.21. The highest BCUT2D eigenvalue weighted by Gasteiger charge is 2.85. The highest BCUT2D eigenvalue weighted by Crippen LogP contribution is 2.66. The molecule has 3 aromatic rings. The van der Waals surface area contributed by atoms with Gasteiger partial charge in [-0.15, -0.1) is 0 Å². The number of ether oxygens (including phenoxy) is 6. The van der Waals surface area contributed by atoms with Crippen LogP contribution in [0.25, 0.3) is 10.8 Å². The Morgan fingerprint density at radius 2 is 1.93 bits per heavy atom. The molecule has 7 rings (SSSR count). The summed E-state index contributed by atoms with van der Waals surface area (Å²) >= 11 is 3.47. The maximum atomic E-state index is 13.0. The van der Waals surface area contributed by atoms with Crippen molar-refractivity contribution >= 4 is 32.5 Å². The molecule has 10 heteroatoms. The van der Waals surface area contributed by atoms with Gasteiger partial charge in [0.1, 0.15) is 30.0 Å². The Labute approximate surface area is 245 Å². The second kappa shape index (κ2) is 9.39. The van der Waals surface area contributed by atoms with Crippen LogP contribution < -0.4 is 9.47 Å². The van der Waals surface area contributed by atoms with Gasteiger partial charge in [0.25, 0.3) is 5.79 Å². The van der Waals surface area contributed by atoms with Crippen molar-refractivity contribution < 1.29 is 43.4 Å².